The van der Waals surface area contributed by atoms with Gasteiger partial charge in [-0.15, -0.1) is 0 Å². The molecule has 3 rings (SSSR count). The van der Waals surface area contributed by atoms with Crippen molar-refractivity contribution < 1.29 is 4.42 Å². The van der Waals surface area contributed by atoms with E-state index in [1.54, 1.807) is 0 Å². The van der Waals surface area contributed by atoms with Crippen LogP contribution in [0.5, 0.6) is 0 Å². The number of aryl methyl sites for hydroxylation is 1. The molecule has 3 heteroatoms. The zero-order valence-corrected chi connectivity index (χ0v) is 11.1. The number of likely N-dealkylation sites (N-methyl/N-ethyl adjacent to an activating group) is 1. The zero-order chi connectivity index (χ0) is 12.5. The summed E-state index contributed by atoms with van der Waals surface area (Å²) in [6, 6.07) is 8.96. The van der Waals surface area contributed by atoms with Crippen molar-refractivity contribution in [1.29, 1.82) is 0 Å². The number of nitrogens with zero attached hydrogens (tertiary/aromatic N) is 1. The van der Waals surface area contributed by atoms with Crippen LogP contribution in [0.25, 0.3) is 11.0 Å². The minimum Gasteiger partial charge on any atom is -0.461 e. The van der Waals surface area contributed by atoms with Crippen LogP contribution in [-0.2, 0) is 6.54 Å². The van der Waals surface area contributed by atoms with E-state index in [1.165, 1.54) is 17.4 Å². The lowest BCUT2D eigenvalue weighted by atomic mass is 10.1. The molecule has 1 N–H and O–H groups in total. The van der Waals surface area contributed by atoms with E-state index in [2.05, 4.69) is 36.3 Å². The zero-order valence-electron chi connectivity index (χ0n) is 11.1. The average molecular weight is 244 g/mol. The van der Waals surface area contributed by atoms with Crippen molar-refractivity contribution in [2.75, 3.05) is 20.1 Å². The van der Waals surface area contributed by atoms with Crippen LogP contribution in [0, 0.1) is 6.92 Å². The Morgan fingerprint density at radius 1 is 1.39 bits per heavy atom. The summed E-state index contributed by atoms with van der Waals surface area (Å²) in [6.45, 7) is 5.27. The van der Waals surface area contributed by atoms with E-state index in [4.69, 9.17) is 4.42 Å². The van der Waals surface area contributed by atoms with Crippen molar-refractivity contribution in [3.05, 3.63) is 35.6 Å². The summed E-state index contributed by atoms with van der Waals surface area (Å²) in [6.07, 6.45) is 1.24. The molecule has 1 fully saturated rings. The highest BCUT2D eigenvalue weighted by Crippen LogP contribution is 2.26. The summed E-state index contributed by atoms with van der Waals surface area (Å²) < 4.78 is 5.82. The summed E-state index contributed by atoms with van der Waals surface area (Å²) >= 11 is 0. The van der Waals surface area contributed by atoms with Crippen LogP contribution in [0.3, 0.4) is 0 Å². The number of benzene rings is 1. The Bertz CT molecular complexity index is 540. The third kappa shape index (κ3) is 2.04. The van der Waals surface area contributed by atoms with Gasteiger partial charge < -0.3 is 9.73 Å². The molecular formula is C15H20N2O. The maximum Gasteiger partial charge on any atom is 0.134 e. The molecule has 18 heavy (non-hydrogen) atoms. The Labute approximate surface area is 108 Å². The molecule has 2 aromatic rings. The van der Waals surface area contributed by atoms with E-state index in [1.807, 2.05) is 12.1 Å². The standard InChI is InChI=1S/C15H20N2O/c1-11-14(10-17(2)12-7-8-16-9-12)13-5-3-4-6-15(13)18-11/h3-6,12,16H,7-10H2,1-2H3. The van der Waals surface area contributed by atoms with E-state index < -0.39 is 0 Å². The van der Waals surface area contributed by atoms with Crippen molar-refractivity contribution in [3.8, 4) is 0 Å². The average Bonchev–Trinajstić information content (AvgIpc) is 2.98. The molecule has 2 heterocycles. The van der Waals surface area contributed by atoms with Crippen LogP contribution >= 0.6 is 0 Å². The van der Waals surface area contributed by atoms with E-state index >= 15 is 0 Å². The molecule has 3 nitrogen and oxygen atoms in total. The summed E-state index contributed by atoms with van der Waals surface area (Å²) in [5.74, 6) is 1.05. The van der Waals surface area contributed by atoms with Crippen molar-refractivity contribution in [1.82, 2.24) is 10.2 Å². The fourth-order valence-corrected chi connectivity index (χ4v) is 2.81. The first-order chi connectivity index (χ1) is 8.75. The fraction of sp³-hybridized carbons (Fsp3) is 0.467. The Morgan fingerprint density at radius 2 is 2.22 bits per heavy atom. The number of rotatable bonds is 3. The molecule has 1 aromatic carbocycles. The van der Waals surface area contributed by atoms with Crippen LogP contribution in [0.1, 0.15) is 17.7 Å². The first-order valence-corrected chi connectivity index (χ1v) is 6.63. The van der Waals surface area contributed by atoms with Crippen LogP contribution in [-0.4, -0.2) is 31.1 Å². The van der Waals surface area contributed by atoms with Crippen molar-refractivity contribution >= 4 is 11.0 Å². The quantitative estimate of drug-likeness (QED) is 0.899. The Morgan fingerprint density at radius 3 is 3.00 bits per heavy atom. The van der Waals surface area contributed by atoms with Gasteiger partial charge >= 0.3 is 0 Å². The van der Waals surface area contributed by atoms with Gasteiger partial charge in [0.05, 0.1) is 0 Å². The van der Waals surface area contributed by atoms with Gasteiger partial charge in [-0.1, -0.05) is 18.2 Å². The lowest BCUT2D eigenvalue weighted by molar-refractivity contribution is 0.248. The number of furan rings is 1. The van der Waals surface area contributed by atoms with Crippen molar-refractivity contribution in [2.24, 2.45) is 0 Å². The molecule has 1 saturated heterocycles. The molecule has 0 saturated carbocycles. The normalized spacial score (nSPS) is 20.1. The van der Waals surface area contributed by atoms with E-state index in [-0.39, 0.29) is 0 Å². The maximum absolute atomic E-state index is 5.82. The Balaban J connectivity index is 1.87. The third-order valence-corrected chi connectivity index (χ3v) is 3.97. The molecule has 1 atom stereocenters. The topological polar surface area (TPSA) is 28.4 Å². The third-order valence-electron chi connectivity index (χ3n) is 3.97. The minimum absolute atomic E-state index is 0.651. The second-order valence-electron chi connectivity index (χ2n) is 5.19. The summed E-state index contributed by atoms with van der Waals surface area (Å²) in [5.41, 5.74) is 2.34. The van der Waals surface area contributed by atoms with Gasteiger partial charge in [0.25, 0.3) is 0 Å². The Kier molecular flexibility index (Phi) is 3.10. The van der Waals surface area contributed by atoms with Crippen molar-refractivity contribution in [2.45, 2.75) is 25.9 Å². The van der Waals surface area contributed by atoms with E-state index in [0.29, 0.717) is 6.04 Å². The monoisotopic (exact) mass is 244 g/mol. The van der Waals surface area contributed by atoms with Crippen molar-refractivity contribution in [3.63, 3.8) is 0 Å². The largest absolute Gasteiger partial charge is 0.461 e. The molecule has 0 bridgehead atoms. The highest BCUT2D eigenvalue weighted by molar-refractivity contribution is 5.82. The summed E-state index contributed by atoms with van der Waals surface area (Å²) in [4.78, 5) is 2.43. The molecular weight excluding hydrogens is 224 g/mol. The van der Waals surface area contributed by atoms with Crippen LogP contribution < -0.4 is 5.32 Å². The fourth-order valence-electron chi connectivity index (χ4n) is 2.81. The van der Waals surface area contributed by atoms with Crippen LogP contribution in [0.2, 0.25) is 0 Å². The summed E-state index contributed by atoms with van der Waals surface area (Å²) in [5, 5.41) is 4.68. The molecule has 1 aliphatic rings. The minimum atomic E-state index is 0.651. The SMILES string of the molecule is Cc1oc2ccccc2c1CN(C)C1CCNC1. The maximum atomic E-state index is 5.82. The van der Waals surface area contributed by atoms with Gasteiger partial charge in [-0.25, -0.2) is 0 Å². The second kappa shape index (κ2) is 4.75. The molecule has 1 aliphatic heterocycles. The Hall–Kier alpha value is -1.32. The lowest BCUT2D eigenvalue weighted by Gasteiger charge is -2.23. The van der Waals surface area contributed by atoms with Gasteiger partial charge in [0.15, 0.2) is 0 Å². The van der Waals surface area contributed by atoms with Gasteiger partial charge in [-0.05, 0) is 33.0 Å². The molecule has 1 aromatic heterocycles. The number of hydrogen-bond donors (Lipinski definition) is 1. The molecule has 0 radical (unpaired) electrons. The highest BCUT2D eigenvalue weighted by atomic mass is 16.3. The molecule has 96 valence electrons. The predicted octanol–water partition coefficient (Wildman–Crippen LogP) is 2.53. The number of hydrogen-bond acceptors (Lipinski definition) is 3. The van der Waals surface area contributed by atoms with E-state index in [9.17, 15) is 0 Å². The van der Waals surface area contributed by atoms with Gasteiger partial charge in [0.2, 0.25) is 0 Å². The van der Waals surface area contributed by atoms with Gasteiger partial charge in [-0.3, -0.25) is 4.90 Å². The van der Waals surface area contributed by atoms with Crippen LogP contribution in [0.15, 0.2) is 28.7 Å². The molecule has 0 amide bonds. The lowest BCUT2D eigenvalue weighted by Crippen LogP contribution is -2.32. The van der Waals surface area contributed by atoms with Crippen LogP contribution in [0.4, 0.5) is 0 Å². The van der Waals surface area contributed by atoms with E-state index in [0.717, 1.165) is 31.0 Å². The predicted molar refractivity (Wildman–Crippen MR) is 73.7 cm³/mol. The van der Waals surface area contributed by atoms with Gasteiger partial charge in [0, 0.05) is 30.1 Å². The summed E-state index contributed by atoms with van der Waals surface area (Å²) in [7, 11) is 2.21. The molecule has 0 spiro atoms. The number of nitrogens with one attached hydrogen (secondary N) is 1. The second-order valence-corrected chi connectivity index (χ2v) is 5.19. The van der Waals surface area contributed by atoms with Gasteiger partial charge in [0.1, 0.15) is 11.3 Å². The van der Waals surface area contributed by atoms with Gasteiger partial charge in [-0.2, -0.15) is 0 Å². The highest BCUT2D eigenvalue weighted by Gasteiger charge is 2.21. The molecule has 0 aliphatic carbocycles. The number of para-hydroxylation sites is 1. The first-order valence-electron chi connectivity index (χ1n) is 6.63. The first kappa shape index (κ1) is 11.8. The smallest absolute Gasteiger partial charge is 0.134 e. The molecule has 1 unspecified atom stereocenters. The number of fused-ring (bicyclic) bond motifs is 1.